The fourth-order valence-corrected chi connectivity index (χ4v) is 3.75. The van der Waals surface area contributed by atoms with Crippen LogP contribution in [0.3, 0.4) is 0 Å². The molecule has 0 unspecified atom stereocenters. The van der Waals surface area contributed by atoms with Gasteiger partial charge in [-0.2, -0.15) is 0 Å². The van der Waals surface area contributed by atoms with Crippen molar-refractivity contribution in [2.24, 2.45) is 11.0 Å². The molecule has 33 heavy (non-hydrogen) atoms. The van der Waals surface area contributed by atoms with Crippen molar-refractivity contribution >= 4 is 23.1 Å². The molecule has 1 amide bonds. The molecule has 2 aromatic carbocycles. The third kappa shape index (κ3) is 5.93. The highest BCUT2D eigenvalue weighted by Crippen LogP contribution is 2.26. The molecule has 1 aromatic heterocycles. The summed E-state index contributed by atoms with van der Waals surface area (Å²) in [6, 6.07) is 17.9. The normalized spacial score (nSPS) is 13.9. The van der Waals surface area contributed by atoms with Crippen molar-refractivity contribution in [3.63, 3.8) is 0 Å². The van der Waals surface area contributed by atoms with Gasteiger partial charge in [0, 0.05) is 30.0 Å². The first-order valence-electron chi connectivity index (χ1n) is 11.0. The van der Waals surface area contributed by atoms with Gasteiger partial charge < -0.3 is 20.5 Å². The van der Waals surface area contributed by atoms with Gasteiger partial charge in [0.2, 0.25) is 0 Å². The quantitative estimate of drug-likeness (QED) is 0.398. The smallest absolute Gasteiger partial charge is 0.255 e. The SMILES string of the molecule is N=Nc1nc(-c2cccc(C(=O)Nc3ccc(OCCC4CCOCC4)cc3)c2)ccc1N. The van der Waals surface area contributed by atoms with Crippen LogP contribution in [0.2, 0.25) is 0 Å². The third-order valence-corrected chi connectivity index (χ3v) is 5.68. The highest BCUT2D eigenvalue weighted by molar-refractivity contribution is 6.04. The summed E-state index contributed by atoms with van der Waals surface area (Å²) in [7, 11) is 0. The molecule has 0 atom stereocenters. The lowest BCUT2D eigenvalue weighted by molar-refractivity contribution is 0.0593. The van der Waals surface area contributed by atoms with Crippen LogP contribution in [0.25, 0.3) is 11.3 Å². The van der Waals surface area contributed by atoms with Gasteiger partial charge in [0.25, 0.3) is 5.91 Å². The Kier molecular flexibility index (Phi) is 7.26. The highest BCUT2D eigenvalue weighted by Gasteiger charge is 2.14. The number of carbonyl (C=O) groups is 1. The van der Waals surface area contributed by atoms with Crippen molar-refractivity contribution in [3.05, 3.63) is 66.2 Å². The van der Waals surface area contributed by atoms with Gasteiger partial charge in [0.05, 0.1) is 18.0 Å². The van der Waals surface area contributed by atoms with Crippen molar-refractivity contribution in [2.45, 2.75) is 19.3 Å². The molecular weight excluding hydrogens is 418 g/mol. The van der Waals surface area contributed by atoms with E-state index in [1.54, 1.807) is 30.3 Å². The summed E-state index contributed by atoms with van der Waals surface area (Å²) in [5.74, 6) is 1.37. The number of aromatic nitrogens is 1. The molecule has 1 fully saturated rings. The molecule has 0 saturated carbocycles. The fourth-order valence-electron chi connectivity index (χ4n) is 3.75. The summed E-state index contributed by atoms with van der Waals surface area (Å²) in [5, 5.41) is 6.24. The van der Waals surface area contributed by atoms with Crippen LogP contribution in [0.1, 0.15) is 29.6 Å². The number of hydrogen-bond acceptors (Lipinski definition) is 7. The molecule has 0 bridgehead atoms. The molecule has 8 nitrogen and oxygen atoms in total. The van der Waals surface area contributed by atoms with E-state index in [1.165, 1.54) is 0 Å². The van der Waals surface area contributed by atoms with Crippen LogP contribution < -0.4 is 15.8 Å². The Morgan fingerprint density at radius 3 is 2.70 bits per heavy atom. The third-order valence-electron chi connectivity index (χ3n) is 5.68. The lowest BCUT2D eigenvalue weighted by Crippen LogP contribution is -2.17. The Balaban J connectivity index is 1.35. The standard InChI is InChI=1S/C25H27N5O3/c26-22-8-9-23(29-24(22)30-27)18-2-1-3-19(16-18)25(31)28-20-4-6-21(7-5-20)33-15-12-17-10-13-32-14-11-17/h1-9,16-17,27H,10-15,26H2,(H,28,31). The molecule has 4 N–H and O–H groups in total. The molecule has 0 radical (unpaired) electrons. The van der Waals surface area contributed by atoms with Crippen LogP contribution in [-0.2, 0) is 4.74 Å². The maximum Gasteiger partial charge on any atom is 0.255 e. The van der Waals surface area contributed by atoms with E-state index < -0.39 is 0 Å². The van der Waals surface area contributed by atoms with Crippen LogP contribution in [0.5, 0.6) is 5.75 Å². The molecule has 4 rings (SSSR count). The molecule has 1 aliphatic rings. The minimum atomic E-state index is -0.231. The second-order valence-corrected chi connectivity index (χ2v) is 7.97. The van der Waals surface area contributed by atoms with Gasteiger partial charge in [0.1, 0.15) is 5.75 Å². The lowest BCUT2D eigenvalue weighted by Gasteiger charge is -2.21. The minimum Gasteiger partial charge on any atom is -0.494 e. The second-order valence-electron chi connectivity index (χ2n) is 7.97. The molecule has 1 aliphatic heterocycles. The summed E-state index contributed by atoms with van der Waals surface area (Å²) in [4.78, 5) is 17.0. The summed E-state index contributed by atoms with van der Waals surface area (Å²) in [6.07, 6.45) is 3.23. The van der Waals surface area contributed by atoms with Gasteiger partial charge in [-0.25, -0.2) is 10.5 Å². The van der Waals surface area contributed by atoms with Gasteiger partial charge in [-0.1, -0.05) is 12.1 Å². The average Bonchev–Trinajstić information content (AvgIpc) is 2.86. The Hall–Kier alpha value is -3.78. The zero-order chi connectivity index (χ0) is 23.0. The number of carbonyl (C=O) groups excluding carboxylic acids is 1. The number of anilines is 2. The summed E-state index contributed by atoms with van der Waals surface area (Å²) in [5.41, 5.74) is 15.8. The average molecular weight is 446 g/mol. The van der Waals surface area contributed by atoms with Gasteiger partial charge >= 0.3 is 0 Å². The van der Waals surface area contributed by atoms with Crippen molar-refractivity contribution in [1.82, 2.24) is 4.98 Å². The van der Waals surface area contributed by atoms with Crippen LogP contribution in [0.15, 0.2) is 65.8 Å². The zero-order valence-electron chi connectivity index (χ0n) is 18.3. The first-order chi connectivity index (χ1) is 16.1. The zero-order valence-corrected chi connectivity index (χ0v) is 18.3. The number of nitrogen functional groups attached to an aromatic ring is 1. The van der Waals surface area contributed by atoms with E-state index in [1.807, 2.05) is 30.3 Å². The number of hydrogen-bond donors (Lipinski definition) is 3. The number of nitrogens with one attached hydrogen (secondary N) is 2. The Bertz CT molecular complexity index is 1110. The first kappa shape index (κ1) is 22.4. The number of rotatable bonds is 8. The van der Waals surface area contributed by atoms with E-state index in [-0.39, 0.29) is 11.7 Å². The molecule has 1 saturated heterocycles. The largest absolute Gasteiger partial charge is 0.494 e. The van der Waals surface area contributed by atoms with E-state index in [0.29, 0.717) is 35.2 Å². The van der Waals surface area contributed by atoms with Crippen molar-refractivity contribution < 1.29 is 14.3 Å². The Morgan fingerprint density at radius 1 is 1.15 bits per heavy atom. The summed E-state index contributed by atoms with van der Waals surface area (Å²) >= 11 is 0. The minimum absolute atomic E-state index is 0.150. The number of pyridine rings is 1. The number of benzene rings is 2. The molecule has 170 valence electrons. The van der Waals surface area contributed by atoms with Crippen LogP contribution >= 0.6 is 0 Å². The van der Waals surface area contributed by atoms with E-state index in [2.05, 4.69) is 15.4 Å². The molecule has 8 heteroatoms. The Labute approximate surface area is 192 Å². The number of ether oxygens (including phenoxy) is 2. The van der Waals surface area contributed by atoms with Gasteiger partial charge in [0.15, 0.2) is 5.82 Å². The number of amides is 1. The predicted molar refractivity (Wildman–Crippen MR) is 127 cm³/mol. The number of nitrogens with two attached hydrogens (primary N) is 1. The topological polar surface area (TPSA) is 123 Å². The van der Waals surface area contributed by atoms with Gasteiger partial charge in [-0.05, 0) is 73.7 Å². The van der Waals surface area contributed by atoms with Crippen LogP contribution in [-0.4, -0.2) is 30.7 Å². The second kappa shape index (κ2) is 10.7. The molecule has 0 spiro atoms. The molecule has 2 heterocycles. The van der Waals surface area contributed by atoms with Crippen molar-refractivity contribution in [1.29, 1.82) is 5.53 Å². The van der Waals surface area contributed by atoms with E-state index in [9.17, 15) is 4.79 Å². The van der Waals surface area contributed by atoms with Crippen molar-refractivity contribution in [2.75, 3.05) is 30.9 Å². The van der Waals surface area contributed by atoms with Gasteiger partial charge in [-0.15, -0.1) is 5.11 Å². The first-order valence-corrected chi connectivity index (χ1v) is 11.0. The summed E-state index contributed by atoms with van der Waals surface area (Å²) in [6.45, 7) is 2.37. The fraction of sp³-hybridized carbons (Fsp3) is 0.280. The maximum absolute atomic E-state index is 12.8. The summed E-state index contributed by atoms with van der Waals surface area (Å²) < 4.78 is 11.2. The molecule has 0 aliphatic carbocycles. The number of nitrogens with zero attached hydrogens (tertiary/aromatic N) is 2. The Morgan fingerprint density at radius 2 is 1.94 bits per heavy atom. The van der Waals surface area contributed by atoms with Crippen LogP contribution in [0, 0.1) is 11.4 Å². The maximum atomic E-state index is 12.8. The van der Waals surface area contributed by atoms with E-state index in [0.717, 1.165) is 43.8 Å². The van der Waals surface area contributed by atoms with E-state index >= 15 is 0 Å². The van der Waals surface area contributed by atoms with Gasteiger partial charge in [-0.3, -0.25) is 4.79 Å². The molecular formula is C25H27N5O3. The van der Waals surface area contributed by atoms with Crippen LogP contribution in [0.4, 0.5) is 17.2 Å². The van der Waals surface area contributed by atoms with E-state index in [4.69, 9.17) is 20.7 Å². The molecule has 3 aromatic rings. The monoisotopic (exact) mass is 445 g/mol. The van der Waals surface area contributed by atoms with Crippen molar-refractivity contribution in [3.8, 4) is 17.0 Å². The predicted octanol–water partition coefficient (Wildman–Crippen LogP) is 5.44. The highest BCUT2D eigenvalue weighted by atomic mass is 16.5. The lowest BCUT2D eigenvalue weighted by atomic mass is 9.97.